The first kappa shape index (κ1) is 25.6. The molecule has 2 amide bonds. The standard InChI is InChI=1S/C32H27N3O4S/c1-21-9-12-24(13-10-21)33-31(36)27-19-39-29(34-27)20-38-25-14-11-22-15-16-35(32(37)28-8-5-17-40-28)30(26(22)18-25)23-6-3-2-4-7-23/h2-14,17-19,30H,15-16,20H2,1H3,(H,33,36)/t30-/m0/s1. The Morgan fingerprint density at radius 3 is 2.65 bits per heavy atom. The Morgan fingerprint density at radius 1 is 1.05 bits per heavy atom. The molecule has 6 rings (SSSR count). The Morgan fingerprint density at radius 2 is 1.88 bits per heavy atom. The van der Waals surface area contributed by atoms with Crippen LogP contribution in [0, 0.1) is 6.92 Å². The molecule has 0 aliphatic carbocycles. The average Bonchev–Trinajstić information content (AvgIpc) is 3.70. The number of thiophene rings is 1. The van der Waals surface area contributed by atoms with Gasteiger partial charge >= 0.3 is 0 Å². The van der Waals surface area contributed by atoms with Crippen LogP contribution >= 0.6 is 11.3 Å². The molecule has 1 aliphatic rings. The second kappa shape index (κ2) is 11.2. The quantitative estimate of drug-likeness (QED) is 0.245. The number of hydrogen-bond donors (Lipinski definition) is 1. The summed E-state index contributed by atoms with van der Waals surface area (Å²) in [6.07, 6.45) is 2.09. The number of anilines is 1. The number of carbonyl (C=O) groups is 2. The van der Waals surface area contributed by atoms with Crippen LogP contribution in [0.2, 0.25) is 0 Å². The molecule has 2 aromatic heterocycles. The highest BCUT2D eigenvalue weighted by molar-refractivity contribution is 7.12. The summed E-state index contributed by atoms with van der Waals surface area (Å²) in [7, 11) is 0. The Labute approximate surface area is 236 Å². The third-order valence-electron chi connectivity index (χ3n) is 6.91. The van der Waals surface area contributed by atoms with Gasteiger partial charge in [0.25, 0.3) is 11.8 Å². The molecule has 7 nitrogen and oxygen atoms in total. The minimum atomic E-state index is -0.353. The summed E-state index contributed by atoms with van der Waals surface area (Å²) >= 11 is 1.46. The van der Waals surface area contributed by atoms with Gasteiger partial charge < -0.3 is 19.4 Å². The largest absolute Gasteiger partial charge is 0.484 e. The topological polar surface area (TPSA) is 84.7 Å². The summed E-state index contributed by atoms with van der Waals surface area (Å²) in [5.74, 6) is 0.598. The van der Waals surface area contributed by atoms with E-state index < -0.39 is 0 Å². The monoisotopic (exact) mass is 549 g/mol. The minimum absolute atomic E-state index is 0.0250. The molecule has 0 saturated heterocycles. The highest BCUT2D eigenvalue weighted by Gasteiger charge is 2.33. The van der Waals surface area contributed by atoms with Gasteiger partial charge in [-0.1, -0.05) is 60.2 Å². The van der Waals surface area contributed by atoms with Crippen LogP contribution < -0.4 is 10.1 Å². The summed E-state index contributed by atoms with van der Waals surface area (Å²) in [5.41, 5.74) is 5.23. The van der Waals surface area contributed by atoms with Gasteiger partial charge in [0.15, 0.2) is 12.3 Å². The van der Waals surface area contributed by atoms with Crippen molar-refractivity contribution in [1.82, 2.24) is 9.88 Å². The molecule has 200 valence electrons. The van der Waals surface area contributed by atoms with Gasteiger partial charge in [-0.3, -0.25) is 9.59 Å². The molecule has 0 spiro atoms. The van der Waals surface area contributed by atoms with Gasteiger partial charge in [0, 0.05) is 12.2 Å². The number of ether oxygens (including phenoxy) is 1. The number of fused-ring (bicyclic) bond motifs is 1. The second-order valence-corrected chi connectivity index (χ2v) is 10.6. The first-order chi connectivity index (χ1) is 19.5. The zero-order valence-electron chi connectivity index (χ0n) is 21.9. The zero-order chi connectivity index (χ0) is 27.5. The molecule has 5 aromatic rings. The molecule has 40 heavy (non-hydrogen) atoms. The average molecular weight is 550 g/mol. The van der Waals surface area contributed by atoms with Crippen LogP contribution in [0.15, 0.2) is 101 Å². The number of oxazole rings is 1. The number of aromatic nitrogens is 1. The van der Waals surface area contributed by atoms with Crippen molar-refractivity contribution in [3.8, 4) is 5.75 Å². The van der Waals surface area contributed by atoms with Crippen molar-refractivity contribution in [3.05, 3.63) is 135 Å². The molecule has 0 fully saturated rings. The Bertz CT molecular complexity index is 1630. The maximum atomic E-state index is 13.5. The van der Waals surface area contributed by atoms with Gasteiger partial charge in [0.05, 0.1) is 10.9 Å². The van der Waals surface area contributed by atoms with E-state index in [9.17, 15) is 9.59 Å². The lowest BCUT2D eigenvalue weighted by molar-refractivity contribution is 0.0699. The molecule has 3 heterocycles. The lowest BCUT2D eigenvalue weighted by Crippen LogP contribution is -2.40. The van der Waals surface area contributed by atoms with E-state index in [0.717, 1.165) is 28.0 Å². The molecular formula is C32H27N3O4S. The SMILES string of the molecule is Cc1ccc(NC(=O)c2coc(COc3ccc4c(c3)[C@H](c3ccccc3)N(C(=O)c3cccs3)CC4)n2)cc1. The van der Waals surface area contributed by atoms with Crippen molar-refractivity contribution in [2.75, 3.05) is 11.9 Å². The van der Waals surface area contributed by atoms with E-state index in [1.807, 2.05) is 83.9 Å². The third kappa shape index (κ3) is 5.39. The van der Waals surface area contributed by atoms with Crippen LogP contribution in [0.4, 0.5) is 5.69 Å². The number of rotatable bonds is 7. The van der Waals surface area contributed by atoms with Gasteiger partial charge in [0.1, 0.15) is 12.0 Å². The predicted octanol–water partition coefficient (Wildman–Crippen LogP) is 6.66. The van der Waals surface area contributed by atoms with Crippen molar-refractivity contribution in [2.45, 2.75) is 26.0 Å². The van der Waals surface area contributed by atoms with Crippen LogP contribution in [-0.4, -0.2) is 28.2 Å². The molecule has 1 N–H and O–H groups in total. The fraction of sp³-hybridized carbons (Fsp3) is 0.156. The zero-order valence-corrected chi connectivity index (χ0v) is 22.7. The third-order valence-corrected chi connectivity index (χ3v) is 7.77. The van der Waals surface area contributed by atoms with Crippen molar-refractivity contribution in [2.24, 2.45) is 0 Å². The van der Waals surface area contributed by atoms with Gasteiger partial charge in [-0.2, -0.15) is 0 Å². The van der Waals surface area contributed by atoms with Gasteiger partial charge in [-0.15, -0.1) is 11.3 Å². The molecule has 3 aromatic carbocycles. The van der Waals surface area contributed by atoms with Gasteiger partial charge in [-0.05, 0) is 65.7 Å². The van der Waals surface area contributed by atoms with E-state index in [1.54, 1.807) is 0 Å². The maximum absolute atomic E-state index is 13.5. The molecule has 0 radical (unpaired) electrons. The molecule has 1 atom stereocenters. The lowest BCUT2D eigenvalue weighted by Gasteiger charge is -2.37. The van der Waals surface area contributed by atoms with Crippen LogP contribution in [0.25, 0.3) is 0 Å². The number of nitrogens with zero attached hydrogens (tertiary/aromatic N) is 2. The van der Waals surface area contributed by atoms with E-state index in [2.05, 4.69) is 28.5 Å². The number of aryl methyl sites for hydroxylation is 1. The Balaban J connectivity index is 1.20. The van der Waals surface area contributed by atoms with E-state index in [1.165, 1.54) is 23.2 Å². The Hall–Kier alpha value is -4.69. The predicted molar refractivity (Wildman–Crippen MR) is 154 cm³/mol. The van der Waals surface area contributed by atoms with Crippen molar-refractivity contribution >= 4 is 28.8 Å². The minimum Gasteiger partial charge on any atom is -0.484 e. The molecule has 0 bridgehead atoms. The normalized spacial score (nSPS) is 14.4. The van der Waals surface area contributed by atoms with Crippen LogP contribution in [0.1, 0.15) is 54.3 Å². The first-order valence-electron chi connectivity index (χ1n) is 13.0. The lowest BCUT2D eigenvalue weighted by atomic mass is 9.88. The fourth-order valence-electron chi connectivity index (χ4n) is 4.90. The second-order valence-electron chi connectivity index (χ2n) is 9.63. The summed E-state index contributed by atoms with van der Waals surface area (Å²) < 4.78 is 11.6. The summed E-state index contributed by atoms with van der Waals surface area (Å²) in [5, 5.41) is 4.74. The van der Waals surface area contributed by atoms with E-state index in [4.69, 9.17) is 9.15 Å². The molecular weight excluding hydrogens is 522 g/mol. The van der Waals surface area contributed by atoms with Gasteiger partial charge in [-0.25, -0.2) is 4.98 Å². The fourth-order valence-corrected chi connectivity index (χ4v) is 5.58. The number of carbonyl (C=O) groups excluding carboxylic acids is 2. The van der Waals surface area contributed by atoms with E-state index >= 15 is 0 Å². The highest BCUT2D eigenvalue weighted by Crippen LogP contribution is 2.38. The summed E-state index contributed by atoms with van der Waals surface area (Å²) in [6, 6.07) is 27.1. The number of hydrogen-bond acceptors (Lipinski definition) is 6. The molecule has 0 unspecified atom stereocenters. The summed E-state index contributed by atoms with van der Waals surface area (Å²) in [6.45, 7) is 2.68. The van der Waals surface area contributed by atoms with Gasteiger partial charge in [0.2, 0.25) is 5.89 Å². The number of nitrogens with one attached hydrogen (secondary N) is 1. The highest BCUT2D eigenvalue weighted by atomic mass is 32.1. The number of amides is 2. The van der Waals surface area contributed by atoms with Crippen LogP contribution in [0.5, 0.6) is 5.75 Å². The van der Waals surface area contributed by atoms with Crippen LogP contribution in [-0.2, 0) is 13.0 Å². The van der Waals surface area contributed by atoms with E-state index in [0.29, 0.717) is 23.9 Å². The van der Waals surface area contributed by atoms with Crippen molar-refractivity contribution in [1.29, 1.82) is 0 Å². The summed E-state index contributed by atoms with van der Waals surface area (Å²) in [4.78, 5) is 33.0. The first-order valence-corrected chi connectivity index (χ1v) is 13.9. The molecule has 0 saturated carbocycles. The smallest absolute Gasteiger partial charge is 0.277 e. The molecule has 8 heteroatoms. The maximum Gasteiger partial charge on any atom is 0.277 e. The van der Waals surface area contributed by atoms with E-state index in [-0.39, 0.29) is 30.2 Å². The molecule has 1 aliphatic heterocycles. The Kier molecular flexibility index (Phi) is 7.16. The number of benzene rings is 3. The van der Waals surface area contributed by atoms with Crippen molar-refractivity contribution in [3.63, 3.8) is 0 Å². The van der Waals surface area contributed by atoms with Crippen molar-refractivity contribution < 1.29 is 18.7 Å². The van der Waals surface area contributed by atoms with Crippen LogP contribution in [0.3, 0.4) is 0 Å².